The van der Waals surface area contributed by atoms with Crippen LogP contribution in [0.4, 0.5) is 0 Å². The summed E-state index contributed by atoms with van der Waals surface area (Å²) in [4.78, 5) is 7.64. The van der Waals surface area contributed by atoms with Crippen molar-refractivity contribution in [2.24, 2.45) is 0 Å². The van der Waals surface area contributed by atoms with Crippen LogP contribution >= 0.6 is 0 Å². The van der Waals surface area contributed by atoms with Gasteiger partial charge < -0.3 is 0 Å². The fourth-order valence-electron chi connectivity index (χ4n) is 1.59. The van der Waals surface area contributed by atoms with Gasteiger partial charge in [0.1, 0.15) is 0 Å². The van der Waals surface area contributed by atoms with E-state index in [-0.39, 0.29) is 0 Å². The molecule has 0 atom stereocenters. The Kier molecular flexibility index (Phi) is 3.63. The van der Waals surface area contributed by atoms with Crippen molar-refractivity contribution >= 4 is 31.6 Å². The first-order chi connectivity index (χ1) is 3.71. The van der Waals surface area contributed by atoms with Crippen LogP contribution in [-0.2, 0) is 0 Å². The van der Waals surface area contributed by atoms with Gasteiger partial charge in [-0.3, -0.25) is 0 Å². The van der Waals surface area contributed by atoms with E-state index in [9.17, 15) is 0 Å². The van der Waals surface area contributed by atoms with E-state index in [2.05, 4.69) is 32.1 Å². The van der Waals surface area contributed by atoms with Gasteiger partial charge in [0, 0.05) is 0 Å². The van der Waals surface area contributed by atoms with Crippen LogP contribution in [0.2, 0.25) is 35.4 Å². The molecule has 0 unspecified atom stereocenters. The monoisotopic (exact) mass is 298 g/mol. The van der Waals surface area contributed by atoms with E-state index in [1.165, 1.54) is 0 Å². The second-order valence-electron chi connectivity index (χ2n) is 5.30. The van der Waals surface area contributed by atoms with Crippen molar-refractivity contribution in [3.05, 3.63) is 0 Å². The molecule has 0 saturated carbocycles. The molecule has 0 fully saturated rings. The molecule has 0 aliphatic heterocycles. The quantitative estimate of drug-likeness (QED) is 0.686. The molecular weight excluding hydrogens is 275 g/mol. The fourth-order valence-corrected chi connectivity index (χ4v) is 55.5. The van der Waals surface area contributed by atoms with E-state index in [1.54, 1.807) is 3.27 Å². The van der Waals surface area contributed by atoms with Crippen molar-refractivity contribution in [2.75, 3.05) is 0 Å². The van der Waals surface area contributed by atoms with Crippen molar-refractivity contribution in [2.45, 2.75) is 35.4 Å². The van der Waals surface area contributed by atoms with Gasteiger partial charge in [-0.25, -0.2) is 0 Å². The first-order valence-corrected chi connectivity index (χ1v) is 22.1. The summed E-state index contributed by atoms with van der Waals surface area (Å²) in [7, 11) is 0. The van der Waals surface area contributed by atoms with Gasteiger partial charge in [0.2, 0.25) is 0 Å². The van der Waals surface area contributed by atoms with E-state index >= 15 is 0 Å². The Morgan fingerprint density at radius 3 is 1.33 bits per heavy atom. The van der Waals surface area contributed by atoms with E-state index < -0.39 is 31.6 Å². The minimum absolute atomic E-state index is 1.15. The molecule has 0 N–H and O–H groups in total. The van der Waals surface area contributed by atoms with Crippen LogP contribution in [0.15, 0.2) is 0 Å². The molecule has 0 aliphatic carbocycles. The molecule has 2 heteroatoms. The summed E-state index contributed by atoms with van der Waals surface area (Å²) in [6.45, 7) is 0. The molecule has 0 heterocycles. The van der Waals surface area contributed by atoms with E-state index in [1.807, 2.05) is 0 Å². The third-order valence-electron chi connectivity index (χ3n) is 1.06. The van der Waals surface area contributed by atoms with Crippen molar-refractivity contribution in [1.29, 1.82) is 0 Å². The maximum atomic E-state index is 2.55. The Hall–Kier alpha value is 1.34. The van der Waals surface area contributed by atoms with Gasteiger partial charge in [0.05, 0.1) is 0 Å². The Labute approximate surface area is 66.6 Å². The zero-order chi connectivity index (χ0) is 7.71. The molecule has 0 bridgehead atoms. The van der Waals surface area contributed by atoms with Gasteiger partial charge in [-0.1, -0.05) is 0 Å². The summed E-state index contributed by atoms with van der Waals surface area (Å²) in [6, 6.07) is 0. The first-order valence-electron chi connectivity index (χ1n) is 3.71. The number of hydrogen-bond donors (Lipinski definition) is 0. The SMILES string of the molecule is [CH3][Ge]([CH3])([CH3])[CH2][Sn]([CH3])([CH3])[CH3]. The standard InChI is InChI=1S/C4H11Ge.3CH3.Sn/c1-5(2,3)4;;;;/h1H2,2-4H3;3*1H3;. The molecular formula is C7H20GeSn. The molecule has 0 nitrogen and oxygen atoms in total. The molecule has 0 aromatic rings. The average Bonchev–Trinajstić information content (AvgIpc) is 1.14. The Morgan fingerprint density at radius 1 is 1.00 bits per heavy atom. The molecule has 56 valence electrons. The fraction of sp³-hybridized carbons (Fsp3) is 1.00. The normalized spacial score (nSPS) is 14.0. The van der Waals surface area contributed by atoms with Crippen LogP contribution in [0.1, 0.15) is 0 Å². The van der Waals surface area contributed by atoms with Crippen molar-refractivity contribution in [1.82, 2.24) is 0 Å². The zero-order valence-corrected chi connectivity index (χ0v) is 12.7. The van der Waals surface area contributed by atoms with Crippen LogP contribution in [0.25, 0.3) is 0 Å². The van der Waals surface area contributed by atoms with Crippen LogP contribution < -0.4 is 0 Å². The minimum atomic E-state index is -1.36. The van der Waals surface area contributed by atoms with E-state index in [0.29, 0.717) is 0 Å². The van der Waals surface area contributed by atoms with Gasteiger partial charge in [-0.15, -0.1) is 0 Å². The summed E-state index contributed by atoms with van der Waals surface area (Å²) in [5, 5.41) is 0. The van der Waals surface area contributed by atoms with E-state index in [4.69, 9.17) is 0 Å². The maximum absolute atomic E-state index is 2.55. The van der Waals surface area contributed by atoms with Crippen LogP contribution in [0.3, 0.4) is 0 Å². The van der Waals surface area contributed by atoms with Crippen LogP contribution in [0, 0.1) is 0 Å². The second kappa shape index (κ2) is 3.16. The molecule has 0 aliphatic rings. The molecule has 9 heavy (non-hydrogen) atoms. The zero-order valence-electron chi connectivity index (χ0n) is 7.71. The summed E-state index contributed by atoms with van der Waals surface area (Å²) >= 11 is -2.51. The molecule has 0 aromatic carbocycles. The topological polar surface area (TPSA) is 0 Å². The Balaban J connectivity index is 3.75. The Bertz CT molecular complexity index is 74.1. The summed E-state index contributed by atoms with van der Waals surface area (Å²) in [6.07, 6.45) is 0. The van der Waals surface area contributed by atoms with Crippen molar-refractivity contribution < 1.29 is 0 Å². The molecule has 0 radical (unpaired) electrons. The van der Waals surface area contributed by atoms with Gasteiger partial charge in [0.25, 0.3) is 0 Å². The molecule has 0 spiro atoms. The first kappa shape index (κ1) is 10.3. The van der Waals surface area contributed by atoms with Gasteiger partial charge in [-0.05, 0) is 0 Å². The molecule has 0 amide bonds. The average molecular weight is 296 g/mol. The summed E-state index contributed by atoms with van der Waals surface area (Å²) in [5.74, 6) is 7.59. The predicted octanol–water partition coefficient (Wildman–Crippen LogP) is 3.20. The van der Waals surface area contributed by atoms with Crippen LogP contribution in [0.5, 0.6) is 0 Å². The molecule has 0 saturated heterocycles. The molecule has 0 rings (SSSR count). The Morgan fingerprint density at radius 2 is 1.33 bits per heavy atom. The van der Waals surface area contributed by atoms with Gasteiger partial charge >= 0.3 is 67.0 Å². The summed E-state index contributed by atoms with van der Waals surface area (Å²) < 4.78 is 1.69. The third-order valence-corrected chi connectivity index (χ3v) is 37.0. The predicted molar refractivity (Wildman–Crippen MR) is 51.5 cm³/mol. The third kappa shape index (κ3) is 9.34. The van der Waals surface area contributed by atoms with Gasteiger partial charge in [0.15, 0.2) is 0 Å². The van der Waals surface area contributed by atoms with Gasteiger partial charge in [-0.2, -0.15) is 0 Å². The number of hydrogen-bond acceptors (Lipinski definition) is 0. The van der Waals surface area contributed by atoms with Crippen molar-refractivity contribution in [3.63, 3.8) is 0 Å². The van der Waals surface area contributed by atoms with Crippen LogP contribution in [-0.4, -0.2) is 31.6 Å². The van der Waals surface area contributed by atoms with Crippen molar-refractivity contribution in [3.8, 4) is 0 Å². The summed E-state index contributed by atoms with van der Waals surface area (Å²) in [5.41, 5.74) is 0. The second-order valence-corrected chi connectivity index (χ2v) is 36.6. The molecule has 0 aromatic heterocycles. The van der Waals surface area contributed by atoms with E-state index in [0.717, 1.165) is 0 Å². The number of rotatable bonds is 2.